The molecular formula is C19H24N2O2S. The van der Waals surface area contributed by atoms with Crippen molar-refractivity contribution in [2.45, 2.75) is 37.9 Å². The SMILES string of the molecule is CC(C)(C)OC(=O)Nc1cccc(CSCc2cccc(N)c2)c1. The third-order valence-corrected chi connectivity index (χ3v) is 4.14. The Kier molecular flexibility index (Phi) is 6.15. The van der Waals surface area contributed by atoms with Gasteiger partial charge in [-0.3, -0.25) is 5.32 Å². The van der Waals surface area contributed by atoms with Crippen molar-refractivity contribution in [3.8, 4) is 0 Å². The molecule has 0 spiro atoms. The van der Waals surface area contributed by atoms with Gasteiger partial charge in [0.2, 0.25) is 0 Å². The van der Waals surface area contributed by atoms with Gasteiger partial charge in [0.15, 0.2) is 0 Å². The molecule has 0 saturated carbocycles. The first kappa shape index (κ1) is 18.2. The van der Waals surface area contributed by atoms with E-state index < -0.39 is 11.7 Å². The van der Waals surface area contributed by atoms with Crippen molar-refractivity contribution in [1.82, 2.24) is 0 Å². The van der Waals surface area contributed by atoms with Gasteiger partial charge in [0.1, 0.15) is 5.60 Å². The molecule has 0 fully saturated rings. The summed E-state index contributed by atoms with van der Waals surface area (Å²) in [5.74, 6) is 1.76. The number of benzene rings is 2. The van der Waals surface area contributed by atoms with Crippen LogP contribution in [0.4, 0.5) is 16.2 Å². The highest BCUT2D eigenvalue weighted by Crippen LogP contribution is 2.21. The molecule has 0 saturated heterocycles. The van der Waals surface area contributed by atoms with Crippen LogP contribution < -0.4 is 11.1 Å². The number of ether oxygens (including phenoxy) is 1. The Morgan fingerprint density at radius 3 is 2.33 bits per heavy atom. The summed E-state index contributed by atoms with van der Waals surface area (Å²) >= 11 is 1.81. The molecular weight excluding hydrogens is 320 g/mol. The first-order valence-electron chi connectivity index (χ1n) is 7.83. The third kappa shape index (κ3) is 6.54. The molecule has 1 amide bonds. The number of hydrogen-bond donors (Lipinski definition) is 2. The van der Waals surface area contributed by atoms with Gasteiger partial charge < -0.3 is 10.5 Å². The molecule has 5 heteroatoms. The Labute approximate surface area is 147 Å². The van der Waals surface area contributed by atoms with Crippen LogP contribution in [-0.4, -0.2) is 11.7 Å². The van der Waals surface area contributed by atoms with Gasteiger partial charge in [-0.25, -0.2) is 4.79 Å². The average Bonchev–Trinajstić information content (AvgIpc) is 2.45. The minimum atomic E-state index is -0.505. The van der Waals surface area contributed by atoms with Crippen LogP contribution in [0.15, 0.2) is 48.5 Å². The normalized spacial score (nSPS) is 11.1. The summed E-state index contributed by atoms with van der Waals surface area (Å²) in [6, 6.07) is 15.7. The highest BCUT2D eigenvalue weighted by Gasteiger charge is 2.16. The van der Waals surface area contributed by atoms with E-state index in [0.717, 1.165) is 28.4 Å². The van der Waals surface area contributed by atoms with Crippen LogP contribution in [-0.2, 0) is 16.2 Å². The maximum Gasteiger partial charge on any atom is 0.412 e. The van der Waals surface area contributed by atoms with Gasteiger partial charge >= 0.3 is 6.09 Å². The molecule has 128 valence electrons. The summed E-state index contributed by atoms with van der Waals surface area (Å²) in [5, 5.41) is 2.77. The van der Waals surface area contributed by atoms with Crippen molar-refractivity contribution < 1.29 is 9.53 Å². The summed E-state index contributed by atoms with van der Waals surface area (Å²) in [6.45, 7) is 5.53. The van der Waals surface area contributed by atoms with Gasteiger partial charge in [0, 0.05) is 22.9 Å². The molecule has 2 aromatic carbocycles. The number of thioether (sulfide) groups is 1. The van der Waals surface area contributed by atoms with Crippen LogP contribution in [0.3, 0.4) is 0 Å². The zero-order valence-electron chi connectivity index (χ0n) is 14.3. The van der Waals surface area contributed by atoms with Gasteiger partial charge in [-0.2, -0.15) is 11.8 Å². The monoisotopic (exact) mass is 344 g/mol. The predicted octanol–water partition coefficient (Wildman–Crippen LogP) is 5.05. The second kappa shape index (κ2) is 8.11. The van der Waals surface area contributed by atoms with Crippen LogP contribution in [0.1, 0.15) is 31.9 Å². The second-order valence-electron chi connectivity index (χ2n) is 6.57. The molecule has 0 aromatic heterocycles. The Hall–Kier alpha value is -2.14. The maximum absolute atomic E-state index is 11.8. The highest BCUT2D eigenvalue weighted by molar-refractivity contribution is 7.97. The number of carbonyl (C=O) groups excluding carboxylic acids is 1. The highest BCUT2D eigenvalue weighted by atomic mass is 32.2. The van der Waals surface area contributed by atoms with Crippen molar-refractivity contribution in [3.05, 3.63) is 59.7 Å². The quantitative estimate of drug-likeness (QED) is 0.745. The Balaban J connectivity index is 1.87. The standard InChI is InChI=1S/C19H24N2O2S/c1-19(2,3)23-18(22)21-17-9-5-7-15(11-17)13-24-12-14-6-4-8-16(20)10-14/h4-11H,12-13,20H2,1-3H3,(H,21,22). The number of amides is 1. The van der Waals surface area contributed by atoms with E-state index in [2.05, 4.69) is 11.4 Å². The molecule has 0 bridgehead atoms. The van der Waals surface area contributed by atoms with E-state index in [9.17, 15) is 4.79 Å². The fraction of sp³-hybridized carbons (Fsp3) is 0.316. The lowest BCUT2D eigenvalue weighted by Gasteiger charge is -2.19. The van der Waals surface area contributed by atoms with Crippen LogP contribution in [0, 0.1) is 0 Å². The minimum absolute atomic E-state index is 0.438. The second-order valence-corrected chi connectivity index (χ2v) is 7.55. The molecule has 4 nitrogen and oxygen atoms in total. The van der Waals surface area contributed by atoms with Gasteiger partial charge in [0.25, 0.3) is 0 Å². The smallest absolute Gasteiger partial charge is 0.412 e. The van der Waals surface area contributed by atoms with Crippen molar-refractivity contribution in [2.24, 2.45) is 0 Å². The Morgan fingerprint density at radius 1 is 1.08 bits per heavy atom. The summed E-state index contributed by atoms with van der Waals surface area (Å²) < 4.78 is 5.26. The van der Waals surface area contributed by atoms with Gasteiger partial charge in [0.05, 0.1) is 0 Å². The Bertz CT molecular complexity index is 696. The van der Waals surface area contributed by atoms with E-state index in [1.807, 2.05) is 63.2 Å². The molecule has 0 heterocycles. The lowest BCUT2D eigenvalue weighted by atomic mass is 10.2. The molecule has 24 heavy (non-hydrogen) atoms. The number of nitrogen functional groups attached to an aromatic ring is 1. The van der Waals surface area contributed by atoms with Crippen LogP contribution in [0.5, 0.6) is 0 Å². The van der Waals surface area contributed by atoms with E-state index in [4.69, 9.17) is 10.5 Å². The summed E-state index contributed by atoms with van der Waals surface area (Å²) in [6.07, 6.45) is -0.438. The zero-order chi connectivity index (χ0) is 17.6. The fourth-order valence-electron chi connectivity index (χ4n) is 2.13. The van der Waals surface area contributed by atoms with E-state index >= 15 is 0 Å². The number of nitrogens with two attached hydrogens (primary N) is 1. The lowest BCUT2D eigenvalue weighted by Crippen LogP contribution is -2.27. The molecule has 0 radical (unpaired) electrons. The van der Waals surface area contributed by atoms with Crippen molar-refractivity contribution in [2.75, 3.05) is 11.1 Å². The van der Waals surface area contributed by atoms with E-state index in [1.165, 1.54) is 5.56 Å². The topological polar surface area (TPSA) is 64.3 Å². The number of nitrogens with one attached hydrogen (secondary N) is 1. The van der Waals surface area contributed by atoms with Gasteiger partial charge in [-0.05, 0) is 56.2 Å². The largest absolute Gasteiger partial charge is 0.444 e. The van der Waals surface area contributed by atoms with Crippen LogP contribution in [0.25, 0.3) is 0 Å². The number of hydrogen-bond acceptors (Lipinski definition) is 4. The lowest BCUT2D eigenvalue weighted by molar-refractivity contribution is 0.0636. The van der Waals surface area contributed by atoms with E-state index in [-0.39, 0.29) is 0 Å². The maximum atomic E-state index is 11.8. The molecule has 2 rings (SSSR count). The first-order chi connectivity index (χ1) is 11.3. The summed E-state index contributed by atoms with van der Waals surface area (Å²) in [5.41, 5.74) is 9.18. The molecule has 0 unspecified atom stereocenters. The first-order valence-corrected chi connectivity index (χ1v) is 8.98. The van der Waals surface area contributed by atoms with Crippen LogP contribution >= 0.6 is 11.8 Å². The third-order valence-electron chi connectivity index (χ3n) is 3.06. The van der Waals surface area contributed by atoms with Crippen molar-refractivity contribution in [1.29, 1.82) is 0 Å². The fourth-order valence-corrected chi connectivity index (χ4v) is 3.06. The number of rotatable bonds is 5. The molecule has 0 aliphatic carbocycles. The van der Waals surface area contributed by atoms with Crippen molar-refractivity contribution >= 4 is 29.2 Å². The molecule has 0 aliphatic rings. The summed E-state index contributed by atoms with van der Waals surface area (Å²) in [7, 11) is 0. The van der Waals surface area contributed by atoms with Crippen LogP contribution in [0.2, 0.25) is 0 Å². The molecule has 3 N–H and O–H groups in total. The summed E-state index contributed by atoms with van der Waals surface area (Å²) in [4.78, 5) is 11.8. The molecule has 0 atom stereocenters. The predicted molar refractivity (Wildman–Crippen MR) is 102 cm³/mol. The van der Waals surface area contributed by atoms with Gasteiger partial charge in [-0.1, -0.05) is 24.3 Å². The van der Waals surface area contributed by atoms with Gasteiger partial charge in [-0.15, -0.1) is 0 Å². The van der Waals surface area contributed by atoms with Crippen molar-refractivity contribution in [3.63, 3.8) is 0 Å². The zero-order valence-corrected chi connectivity index (χ0v) is 15.2. The average molecular weight is 344 g/mol. The minimum Gasteiger partial charge on any atom is -0.444 e. The van der Waals surface area contributed by atoms with E-state index in [1.54, 1.807) is 11.8 Å². The molecule has 0 aliphatic heterocycles. The van der Waals surface area contributed by atoms with E-state index in [0.29, 0.717) is 0 Å². The Morgan fingerprint density at radius 2 is 1.71 bits per heavy atom. The number of carbonyl (C=O) groups is 1. The number of anilines is 2. The molecule has 2 aromatic rings.